The molecule has 0 saturated carbocycles. The lowest BCUT2D eigenvalue weighted by molar-refractivity contribution is -0.143. The minimum atomic E-state index is -0.840. The fourth-order valence-corrected chi connectivity index (χ4v) is 2.56. The second kappa shape index (κ2) is 5.94. The molecular weight excluding hydrogens is 258 g/mol. The van der Waals surface area contributed by atoms with Crippen LogP contribution in [0.4, 0.5) is 0 Å². The molecule has 1 aromatic carbocycles. The molecule has 2 rings (SSSR count). The third-order valence-electron chi connectivity index (χ3n) is 3.84. The lowest BCUT2D eigenvalue weighted by Gasteiger charge is -2.23. The van der Waals surface area contributed by atoms with Crippen LogP contribution < -0.4 is 4.74 Å². The Morgan fingerprint density at radius 1 is 1.40 bits per heavy atom. The zero-order chi connectivity index (χ0) is 14.7. The number of hydrogen-bond donors (Lipinski definition) is 1. The minimum Gasteiger partial charge on any atom is -0.484 e. The van der Waals surface area contributed by atoms with Crippen LogP contribution in [0.2, 0.25) is 0 Å². The van der Waals surface area contributed by atoms with E-state index in [4.69, 9.17) is 9.84 Å². The average Bonchev–Trinajstić information content (AvgIpc) is 2.79. The Kier molecular flexibility index (Phi) is 4.27. The van der Waals surface area contributed by atoms with E-state index in [0.29, 0.717) is 18.7 Å². The van der Waals surface area contributed by atoms with Gasteiger partial charge in [-0.1, -0.05) is 18.2 Å². The van der Waals surface area contributed by atoms with Crippen molar-refractivity contribution in [2.75, 3.05) is 13.2 Å². The van der Waals surface area contributed by atoms with E-state index in [0.717, 1.165) is 5.56 Å². The number of nitrogens with zero attached hydrogens (tertiary/aromatic N) is 1. The Balaban J connectivity index is 1.93. The molecule has 0 radical (unpaired) electrons. The first kappa shape index (κ1) is 14.4. The van der Waals surface area contributed by atoms with Crippen molar-refractivity contribution in [1.29, 1.82) is 0 Å². The Morgan fingerprint density at radius 3 is 2.70 bits per heavy atom. The number of carboxylic acid groups (broad SMARTS) is 1. The van der Waals surface area contributed by atoms with Gasteiger partial charge in [0, 0.05) is 12.6 Å². The van der Waals surface area contributed by atoms with Crippen molar-refractivity contribution in [3.05, 3.63) is 29.8 Å². The molecule has 1 saturated heterocycles. The molecule has 20 heavy (non-hydrogen) atoms. The molecule has 0 bridgehead atoms. The molecule has 0 aromatic heterocycles. The van der Waals surface area contributed by atoms with E-state index in [1.165, 1.54) is 0 Å². The highest BCUT2D eigenvalue weighted by atomic mass is 16.5. The van der Waals surface area contributed by atoms with Gasteiger partial charge in [0.25, 0.3) is 5.91 Å². The van der Waals surface area contributed by atoms with Gasteiger partial charge in [0.05, 0.1) is 5.92 Å². The predicted octanol–water partition coefficient (Wildman–Crippen LogP) is 1.70. The first-order chi connectivity index (χ1) is 9.50. The molecule has 1 N–H and O–H groups in total. The number of hydrogen-bond acceptors (Lipinski definition) is 3. The van der Waals surface area contributed by atoms with Crippen LogP contribution in [0.1, 0.15) is 18.9 Å². The number of carbonyl (C=O) groups is 2. The maximum absolute atomic E-state index is 12.1. The second-order valence-electron chi connectivity index (χ2n) is 5.12. The number of aliphatic carboxylic acids is 1. The van der Waals surface area contributed by atoms with Gasteiger partial charge in [0.15, 0.2) is 6.61 Å². The number of aryl methyl sites for hydroxylation is 1. The van der Waals surface area contributed by atoms with Gasteiger partial charge in [0.1, 0.15) is 5.75 Å². The molecular formula is C15H19NO4. The van der Waals surface area contributed by atoms with Crippen molar-refractivity contribution in [2.45, 2.75) is 26.3 Å². The maximum Gasteiger partial charge on any atom is 0.308 e. The number of ether oxygens (including phenoxy) is 1. The monoisotopic (exact) mass is 277 g/mol. The first-order valence-corrected chi connectivity index (χ1v) is 6.71. The van der Waals surface area contributed by atoms with E-state index < -0.39 is 11.9 Å². The van der Waals surface area contributed by atoms with Crippen molar-refractivity contribution in [2.24, 2.45) is 5.92 Å². The summed E-state index contributed by atoms with van der Waals surface area (Å²) in [6.45, 7) is 4.12. The van der Waals surface area contributed by atoms with Crippen LogP contribution in [0.25, 0.3) is 0 Å². The lowest BCUT2D eigenvalue weighted by Crippen LogP contribution is -2.40. The minimum absolute atomic E-state index is 0.0540. The molecule has 108 valence electrons. The molecule has 5 nitrogen and oxygen atoms in total. The standard InChI is InChI=1S/C15H19NO4/c1-10-5-3-4-6-13(10)20-9-14(17)16-8-7-12(11(16)2)15(18)19/h3-6,11-12H,7-9H2,1-2H3,(H,18,19). The van der Waals surface area contributed by atoms with Gasteiger partial charge < -0.3 is 14.7 Å². The summed E-state index contributed by atoms with van der Waals surface area (Å²) in [4.78, 5) is 24.7. The molecule has 1 fully saturated rings. The molecule has 1 aromatic rings. The summed E-state index contributed by atoms with van der Waals surface area (Å²) in [5.74, 6) is -0.794. The summed E-state index contributed by atoms with van der Waals surface area (Å²) in [5, 5.41) is 9.06. The lowest BCUT2D eigenvalue weighted by atomic mass is 10.0. The predicted molar refractivity (Wildman–Crippen MR) is 73.6 cm³/mol. The van der Waals surface area contributed by atoms with E-state index in [9.17, 15) is 9.59 Å². The number of likely N-dealkylation sites (tertiary alicyclic amines) is 1. The molecule has 1 amide bonds. The van der Waals surface area contributed by atoms with E-state index in [2.05, 4.69) is 0 Å². The Bertz CT molecular complexity index is 514. The molecule has 1 heterocycles. The fourth-order valence-electron chi connectivity index (χ4n) is 2.56. The largest absolute Gasteiger partial charge is 0.484 e. The second-order valence-corrected chi connectivity index (χ2v) is 5.12. The number of para-hydroxylation sites is 1. The van der Waals surface area contributed by atoms with Gasteiger partial charge in [0.2, 0.25) is 0 Å². The first-order valence-electron chi connectivity index (χ1n) is 6.71. The normalized spacial score (nSPS) is 21.8. The van der Waals surface area contributed by atoms with Crippen molar-refractivity contribution in [3.63, 3.8) is 0 Å². The van der Waals surface area contributed by atoms with Crippen LogP contribution in [-0.4, -0.2) is 41.1 Å². The molecule has 5 heteroatoms. The van der Waals surface area contributed by atoms with Crippen LogP contribution >= 0.6 is 0 Å². The van der Waals surface area contributed by atoms with Crippen molar-refractivity contribution < 1.29 is 19.4 Å². The Morgan fingerprint density at radius 2 is 2.10 bits per heavy atom. The summed E-state index contributed by atoms with van der Waals surface area (Å²) in [6.07, 6.45) is 0.507. The zero-order valence-corrected chi connectivity index (χ0v) is 11.7. The van der Waals surface area contributed by atoms with Gasteiger partial charge >= 0.3 is 5.97 Å². The average molecular weight is 277 g/mol. The van der Waals surface area contributed by atoms with Crippen LogP contribution in [0, 0.1) is 12.8 Å². The van der Waals surface area contributed by atoms with Gasteiger partial charge in [-0.15, -0.1) is 0 Å². The van der Waals surface area contributed by atoms with E-state index in [1.807, 2.05) is 31.2 Å². The summed E-state index contributed by atoms with van der Waals surface area (Å²) in [6, 6.07) is 7.21. The van der Waals surface area contributed by atoms with E-state index in [1.54, 1.807) is 11.8 Å². The number of rotatable bonds is 4. The van der Waals surface area contributed by atoms with Crippen LogP contribution in [0.3, 0.4) is 0 Å². The maximum atomic E-state index is 12.1. The van der Waals surface area contributed by atoms with Crippen LogP contribution in [-0.2, 0) is 9.59 Å². The number of carboxylic acids is 1. The topological polar surface area (TPSA) is 66.8 Å². The van der Waals surface area contributed by atoms with Crippen LogP contribution in [0.5, 0.6) is 5.75 Å². The highest BCUT2D eigenvalue weighted by Gasteiger charge is 2.38. The number of benzene rings is 1. The summed E-state index contributed by atoms with van der Waals surface area (Å²) < 4.78 is 5.52. The van der Waals surface area contributed by atoms with Gasteiger partial charge in [-0.2, -0.15) is 0 Å². The quantitative estimate of drug-likeness (QED) is 0.909. The summed E-state index contributed by atoms with van der Waals surface area (Å²) in [5.41, 5.74) is 0.971. The third-order valence-corrected chi connectivity index (χ3v) is 3.84. The number of amides is 1. The van der Waals surface area contributed by atoms with Gasteiger partial charge in [-0.05, 0) is 31.9 Å². The highest BCUT2D eigenvalue weighted by Crippen LogP contribution is 2.24. The smallest absolute Gasteiger partial charge is 0.308 e. The van der Waals surface area contributed by atoms with Gasteiger partial charge in [-0.25, -0.2) is 0 Å². The van der Waals surface area contributed by atoms with Crippen molar-refractivity contribution in [3.8, 4) is 5.75 Å². The van der Waals surface area contributed by atoms with Crippen molar-refractivity contribution >= 4 is 11.9 Å². The highest BCUT2D eigenvalue weighted by molar-refractivity contribution is 5.80. The third kappa shape index (κ3) is 2.92. The SMILES string of the molecule is Cc1ccccc1OCC(=O)N1CCC(C(=O)O)C1C. The molecule has 2 unspecified atom stereocenters. The summed E-state index contributed by atoms with van der Waals surface area (Å²) >= 11 is 0. The van der Waals surface area contributed by atoms with Crippen LogP contribution in [0.15, 0.2) is 24.3 Å². The Hall–Kier alpha value is -2.04. The van der Waals surface area contributed by atoms with Gasteiger partial charge in [-0.3, -0.25) is 9.59 Å². The molecule has 0 spiro atoms. The fraction of sp³-hybridized carbons (Fsp3) is 0.467. The molecule has 1 aliphatic rings. The summed E-state index contributed by atoms with van der Waals surface area (Å²) in [7, 11) is 0. The zero-order valence-electron chi connectivity index (χ0n) is 11.7. The molecule has 0 aliphatic carbocycles. The van der Waals surface area contributed by atoms with E-state index >= 15 is 0 Å². The van der Waals surface area contributed by atoms with Crippen molar-refractivity contribution in [1.82, 2.24) is 4.90 Å². The number of carbonyl (C=O) groups excluding carboxylic acids is 1. The van der Waals surface area contributed by atoms with E-state index in [-0.39, 0.29) is 18.6 Å². The molecule has 1 aliphatic heterocycles. The Labute approximate surface area is 118 Å². The molecule has 2 atom stereocenters.